The number of carboxylic acid groups (broad SMARTS) is 1. The summed E-state index contributed by atoms with van der Waals surface area (Å²) in [5.41, 5.74) is 0. The van der Waals surface area contributed by atoms with Crippen molar-refractivity contribution < 1.29 is 18.3 Å². The van der Waals surface area contributed by atoms with Crippen LogP contribution >= 0.6 is 23.2 Å². The lowest BCUT2D eigenvalue weighted by Crippen LogP contribution is -2.29. The van der Waals surface area contributed by atoms with Gasteiger partial charge in [-0.2, -0.15) is 0 Å². The fourth-order valence-corrected chi connectivity index (χ4v) is 3.12. The lowest BCUT2D eigenvalue weighted by atomic mass is 10.4. The molecular weight excluding hydrogens is 301 g/mol. The van der Waals surface area contributed by atoms with Crippen LogP contribution in [0.4, 0.5) is 0 Å². The minimum atomic E-state index is -3.83. The van der Waals surface area contributed by atoms with Crippen molar-refractivity contribution in [2.24, 2.45) is 0 Å². The molecule has 0 spiro atoms. The van der Waals surface area contributed by atoms with E-state index in [1.165, 1.54) is 25.2 Å². The van der Waals surface area contributed by atoms with Crippen molar-refractivity contribution in [1.82, 2.24) is 4.31 Å². The Bertz CT molecular complexity index is 559. The Morgan fingerprint density at radius 3 is 2.56 bits per heavy atom. The molecule has 1 aromatic carbocycles. The summed E-state index contributed by atoms with van der Waals surface area (Å²) >= 11 is 11.5. The van der Waals surface area contributed by atoms with Gasteiger partial charge in [-0.05, 0) is 18.2 Å². The molecule has 100 valence electrons. The second-order valence-electron chi connectivity index (χ2n) is 3.55. The van der Waals surface area contributed by atoms with E-state index in [-0.39, 0.29) is 27.9 Å². The second-order valence-corrected chi connectivity index (χ2v) is 6.40. The molecule has 0 bridgehead atoms. The Morgan fingerprint density at radius 1 is 1.39 bits per heavy atom. The Morgan fingerprint density at radius 2 is 2.00 bits per heavy atom. The zero-order chi connectivity index (χ0) is 13.9. The maximum absolute atomic E-state index is 12.1. The van der Waals surface area contributed by atoms with Gasteiger partial charge in [-0.3, -0.25) is 4.79 Å². The lowest BCUT2D eigenvalue weighted by molar-refractivity contribution is -0.137. The Kier molecular flexibility index (Phi) is 4.98. The van der Waals surface area contributed by atoms with Crippen LogP contribution in [-0.2, 0) is 14.8 Å². The molecule has 8 heteroatoms. The van der Waals surface area contributed by atoms with E-state index >= 15 is 0 Å². The predicted molar refractivity (Wildman–Crippen MR) is 68.5 cm³/mol. The van der Waals surface area contributed by atoms with E-state index in [1.807, 2.05) is 0 Å². The molecule has 0 saturated carbocycles. The molecule has 0 radical (unpaired) electrons. The van der Waals surface area contributed by atoms with Crippen LogP contribution in [0.2, 0.25) is 10.0 Å². The van der Waals surface area contributed by atoms with Gasteiger partial charge in [-0.1, -0.05) is 23.2 Å². The average molecular weight is 312 g/mol. The molecule has 0 atom stereocenters. The molecular formula is C10H11Cl2NO4S. The highest BCUT2D eigenvalue weighted by atomic mass is 35.5. The number of rotatable bonds is 5. The highest BCUT2D eigenvalue weighted by molar-refractivity contribution is 7.89. The highest BCUT2D eigenvalue weighted by Gasteiger charge is 2.24. The molecule has 1 aromatic rings. The van der Waals surface area contributed by atoms with E-state index in [0.29, 0.717) is 0 Å². The molecule has 5 nitrogen and oxygen atoms in total. The summed E-state index contributed by atoms with van der Waals surface area (Å²) in [7, 11) is -2.55. The van der Waals surface area contributed by atoms with Gasteiger partial charge in [-0.15, -0.1) is 0 Å². The fourth-order valence-electron chi connectivity index (χ4n) is 1.22. The van der Waals surface area contributed by atoms with Crippen molar-refractivity contribution in [2.75, 3.05) is 13.6 Å². The first-order valence-electron chi connectivity index (χ1n) is 4.88. The molecule has 1 rings (SSSR count). The summed E-state index contributed by atoms with van der Waals surface area (Å²) in [5.74, 6) is -1.07. The van der Waals surface area contributed by atoms with Gasteiger partial charge in [0, 0.05) is 18.6 Å². The summed E-state index contributed by atoms with van der Waals surface area (Å²) < 4.78 is 25.1. The number of hydrogen-bond acceptors (Lipinski definition) is 3. The van der Waals surface area contributed by atoms with E-state index in [2.05, 4.69) is 0 Å². The molecule has 18 heavy (non-hydrogen) atoms. The van der Waals surface area contributed by atoms with Gasteiger partial charge in [0.1, 0.15) is 4.90 Å². The van der Waals surface area contributed by atoms with Crippen molar-refractivity contribution >= 4 is 39.2 Å². The van der Waals surface area contributed by atoms with Crippen LogP contribution in [0, 0.1) is 0 Å². The number of nitrogens with zero attached hydrogens (tertiary/aromatic N) is 1. The standard InChI is InChI=1S/C10H11Cl2NO4S/c1-13(5-4-10(14)15)18(16,17)9-6-7(11)2-3-8(9)12/h2-3,6H,4-5H2,1H3,(H,14,15). The van der Waals surface area contributed by atoms with Crippen molar-refractivity contribution in [2.45, 2.75) is 11.3 Å². The summed E-state index contributed by atoms with van der Waals surface area (Å²) in [6, 6.07) is 4.08. The molecule has 0 aliphatic rings. The number of hydrogen-bond donors (Lipinski definition) is 1. The van der Waals surface area contributed by atoms with E-state index in [0.717, 1.165) is 4.31 Å². The van der Waals surface area contributed by atoms with Gasteiger partial charge in [0.25, 0.3) is 0 Å². The van der Waals surface area contributed by atoms with Gasteiger partial charge in [0.2, 0.25) is 10.0 Å². The first-order chi connectivity index (χ1) is 8.25. The lowest BCUT2D eigenvalue weighted by Gasteiger charge is -2.17. The third-order valence-electron chi connectivity index (χ3n) is 2.22. The Hall–Kier alpha value is -0.820. The number of sulfonamides is 1. The van der Waals surface area contributed by atoms with E-state index in [4.69, 9.17) is 28.3 Å². The van der Waals surface area contributed by atoms with Crippen LogP contribution < -0.4 is 0 Å². The van der Waals surface area contributed by atoms with Crippen LogP contribution in [0.15, 0.2) is 23.1 Å². The van der Waals surface area contributed by atoms with Gasteiger partial charge in [0.15, 0.2) is 0 Å². The Balaban J connectivity index is 3.05. The zero-order valence-corrected chi connectivity index (χ0v) is 11.8. The van der Waals surface area contributed by atoms with Gasteiger partial charge >= 0.3 is 5.97 Å². The minimum absolute atomic E-state index is 0.0431. The normalized spacial score (nSPS) is 11.8. The predicted octanol–water partition coefficient (Wildman–Crippen LogP) is 2.09. The van der Waals surface area contributed by atoms with Gasteiger partial charge < -0.3 is 5.11 Å². The monoisotopic (exact) mass is 311 g/mol. The van der Waals surface area contributed by atoms with Crippen molar-refractivity contribution in [3.8, 4) is 0 Å². The molecule has 0 saturated heterocycles. The quantitative estimate of drug-likeness (QED) is 0.903. The molecule has 0 heterocycles. The molecule has 0 aliphatic carbocycles. The molecule has 0 aromatic heterocycles. The SMILES string of the molecule is CN(CCC(=O)O)S(=O)(=O)c1cc(Cl)ccc1Cl. The number of benzene rings is 1. The van der Waals surface area contributed by atoms with Crippen molar-refractivity contribution in [3.05, 3.63) is 28.2 Å². The summed E-state index contributed by atoms with van der Waals surface area (Å²) in [6.45, 7) is -0.138. The second kappa shape index (κ2) is 5.88. The first-order valence-corrected chi connectivity index (χ1v) is 7.08. The Labute approximate surface area is 115 Å². The van der Waals surface area contributed by atoms with Crippen molar-refractivity contribution in [1.29, 1.82) is 0 Å². The number of carboxylic acids is 1. The number of aliphatic carboxylic acids is 1. The topological polar surface area (TPSA) is 74.7 Å². The maximum Gasteiger partial charge on any atom is 0.304 e. The maximum atomic E-state index is 12.1. The fraction of sp³-hybridized carbons (Fsp3) is 0.300. The zero-order valence-electron chi connectivity index (χ0n) is 9.43. The van der Waals surface area contributed by atoms with Crippen molar-refractivity contribution in [3.63, 3.8) is 0 Å². The van der Waals surface area contributed by atoms with Crippen LogP contribution in [0.3, 0.4) is 0 Å². The molecule has 0 amide bonds. The molecule has 0 aliphatic heterocycles. The van der Waals surface area contributed by atoms with Gasteiger partial charge in [0.05, 0.1) is 11.4 Å². The van der Waals surface area contributed by atoms with E-state index in [9.17, 15) is 13.2 Å². The van der Waals surface area contributed by atoms with E-state index < -0.39 is 16.0 Å². The van der Waals surface area contributed by atoms with E-state index in [1.54, 1.807) is 0 Å². The van der Waals surface area contributed by atoms with Crippen LogP contribution in [-0.4, -0.2) is 37.4 Å². The smallest absolute Gasteiger partial charge is 0.304 e. The molecule has 0 fully saturated rings. The largest absolute Gasteiger partial charge is 0.481 e. The summed E-state index contributed by atoms with van der Waals surface area (Å²) in [6.07, 6.45) is -0.284. The summed E-state index contributed by atoms with van der Waals surface area (Å²) in [5, 5.41) is 8.81. The van der Waals surface area contributed by atoms with Gasteiger partial charge in [-0.25, -0.2) is 12.7 Å². The van der Waals surface area contributed by atoms with Crippen LogP contribution in [0.1, 0.15) is 6.42 Å². The minimum Gasteiger partial charge on any atom is -0.481 e. The van der Waals surface area contributed by atoms with Crippen LogP contribution in [0.5, 0.6) is 0 Å². The third kappa shape index (κ3) is 3.58. The highest BCUT2D eigenvalue weighted by Crippen LogP contribution is 2.27. The first kappa shape index (κ1) is 15.2. The molecule has 0 unspecified atom stereocenters. The summed E-state index contributed by atoms with van der Waals surface area (Å²) in [4.78, 5) is 10.3. The number of carbonyl (C=O) groups is 1. The molecule has 1 N–H and O–H groups in total. The third-order valence-corrected chi connectivity index (χ3v) is 4.80. The average Bonchev–Trinajstić information content (AvgIpc) is 2.28. The van der Waals surface area contributed by atoms with Crippen LogP contribution in [0.25, 0.3) is 0 Å². The number of halogens is 2.